The molecule has 1 aromatic rings. The summed E-state index contributed by atoms with van der Waals surface area (Å²) in [6, 6.07) is 8.31. The first-order valence-corrected chi connectivity index (χ1v) is 6.85. The number of hydrogen-bond acceptors (Lipinski definition) is 3. The van der Waals surface area contributed by atoms with Gasteiger partial charge < -0.3 is 15.5 Å². The van der Waals surface area contributed by atoms with Crippen LogP contribution in [0, 0.1) is 0 Å². The summed E-state index contributed by atoms with van der Waals surface area (Å²) in [5, 5.41) is 6.33. The SMILES string of the molecule is CC(CNC(=O)C1NCCc2ccccc21)N(C)C. The molecule has 104 valence electrons. The Morgan fingerprint density at radius 1 is 1.47 bits per heavy atom. The van der Waals surface area contributed by atoms with Crippen LogP contribution in [0.4, 0.5) is 0 Å². The third-order valence-corrected chi connectivity index (χ3v) is 3.82. The number of fused-ring (bicyclic) bond motifs is 1. The molecule has 1 aromatic carbocycles. The number of carbonyl (C=O) groups is 1. The van der Waals surface area contributed by atoms with Crippen molar-refractivity contribution in [1.29, 1.82) is 0 Å². The molecule has 1 aliphatic heterocycles. The first-order chi connectivity index (χ1) is 9.09. The third-order valence-electron chi connectivity index (χ3n) is 3.82. The number of likely N-dealkylation sites (N-methyl/N-ethyl adjacent to an activating group) is 1. The van der Waals surface area contributed by atoms with E-state index < -0.39 is 0 Å². The van der Waals surface area contributed by atoms with Crippen LogP contribution in [0.3, 0.4) is 0 Å². The Morgan fingerprint density at radius 2 is 2.21 bits per heavy atom. The van der Waals surface area contributed by atoms with Gasteiger partial charge in [0.05, 0.1) is 0 Å². The zero-order chi connectivity index (χ0) is 13.8. The number of hydrogen-bond donors (Lipinski definition) is 2. The van der Waals surface area contributed by atoms with Gasteiger partial charge in [-0.1, -0.05) is 24.3 Å². The van der Waals surface area contributed by atoms with Crippen LogP contribution in [0.25, 0.3) is 0 Å². The fourth-order valence-corrected chi connectivity index (χ4v) is 2.27. The molecule has 0 saturated heterocycles. The van der Waals surface area contributed by atoms with Gasteiger partial charge in [0.15, 0.2) is 0 Å². The molecular formula is C15H23N3O. The van der Waals surface area contributed by atoms with E-state index in [9.17, 15) is 4.79 Å². The molecule has 1 aliphatic rings. The van der Waals surface area contributed by atoms with Crippen LogP contribution < -0.4 is 10.6 Å². The van der Waals surface area contributed by atoms with E-state index in [0.29, 0.717) is 12.6 Å². The maximum Gasteiger partial charge on any atom is 0.241 e. The highest BCUT2D eigenvalue weighted by atomic mass is 16.2. The molecule has 0 bridgehead atoms. The Kier molecular flexibility index (Phi) is 4.56. The minimum Gasteiger partial charge on any atom is -0.353 e. The molecule has 4 nitrogen and oxygen atoms in total. The van der Waals surface area contributed by atoms with Crippen molar-refractivity contribution >= 4 is 5.91 Å². The van der Waals surface area contributed by atoms with Gasteiger partial charge in [0.2, 0.25) is 5.91 Å². The second-order valence-corrected chi connectivity index (χ2v) is 5.39. The Labute approximate surface area is 115 Å². The summed E-state index contributed by atoms with van der Waals surface area (Å²) >= 11 is 0. The predicted octanol–water partition coefficient (Wildman–Crippen LogP) is 0.940. The van der Waals surface area contributed by atoms with Crippen LogP contribution >= 0.6 is 0 Å². The smallest absolute Gasteiger partial charge is 0.241 e. The van der Waals surface area contributed by atoms with Crippen LogP contribution in [-0.4, -0.2) is 44.0 Å². The molecule has 19 heavy (non-hydrogen) atoms. The molecule has 2 unspecified atom stereocenters. The maximum absolute atomic E-state index is 12.3. The Bertz CT molecular complexity index is 445. The summed E-state index contributed by atoms with van der Waals surface area (Å²) in [7, 11) is 4.04. The highest BCUT2D eigenvalue weighted by molar-refractivity contribution is 5.83. The average Bonchev–Trinajstić information content (AvgIpc) is 2.43. The molecule has 1 amide bonds. The van der Waals surface area contributed by atoms with E-state index in [1.807, 2.05) is 32.3 Å². The summed E-state index contributed by atoms with van der Waals surface area (Å²) in [4.78, 5) is 14.4. The van der Waals surface area contributed by atoms with Crippen molar-refractivity contribution < 1.29 is 4.79 Å². The molecular weight excluding hydrogens is 238 g/mol. The molecule has 2 atom stereocenters. The molecule has 2 rings (SSSR count). The first kappa shape index (κ1) is 14.0. The standard InChI is InChI=1S/C15H23N3O/c1-11(18(2)3)10-17-15(19)14-13-7-5-4-6-12(13)8-9-16-14/h4-7,11,14,16H,8-10H2,1-3H3,(H,17,19). The van der Waals surface area contributed by atoms with E-state index in [1.54, 1.807) is 0 Å². The van der Waals surface area contributed by atoms with Gasteiger partial charge >= 0.3 is 0 Å². The molecule has 0 fully saturated rings. The minimum absolute atomic E-state index is 0.0702. The highest BCUT2D eigenvalue weighted by Gasteiger charge is 2.25. The second-order valence-electron chi connectivity index (χ2n) is 5.39. The van der Waals surface area contributed by atoms with Gasteiger partial charge in [0, 0.05) is 19.1 Å². The van der Waals surface area contributed by atoms with Gasteiger partial charge in [-0.25, -0.2) is 0 Å². The van der Waals surface area contributed by atoms with Gasteiger partial charge in [0.25, 0.3) is 0 Å². The summed E-state index contributed by atoms with van der Waals surface area (Å²) in [6.07, 6.45) is 0.994. The summed E-state index contributed by atoms with van der Waals surface area (Å²) in [6.45, 7) is 3.63. The number of carbonyl (C=O) groups excluding carboxylic acids is 1. The van der Waals surface area contributed by atoms with E-state index in [1.165, 1.54) is 5.56 Å². The van der Waals surface area contributed by atoms with Gasteiger partial charge in [-0.05, 0) is 38.6 Å². The molecule has 0 aliphatic carbocycles. The fraction of sp³-hybridized carbons (Fsp3) is 0.533. The zero-order valence-electron chi connectivity index (χ0n) is 11.9. The number of amides is 1. The highest BCUT2D eigenvalue weighted by Crippen LogP contribution is 2.22. The third kappa shape index (κ3) is 3.33. The topological polar surface area (TPSA) is 44.4 Å². The van der Waals surface area contributed by atoms with Crippen LogP contribution in [0.1, 0.15) is 24.1 Å². The number of nitrogens with one attached hydrogen (secondary N) is 2. The lowest BCUT2D eigenvalue weighted by molar-refractivity contribution is -0.123. The lowest BCUT2D eigenvalue weighted by Crippen LogP contribution is -2.45. The second kappa shape index (κ2) is 6.17. The van der Waals surface area contributed by atoms with Gasteiger partial charge in [-0.2, -0.15) is 0 Å². The fourth-order valence-electron chi connectivity index (χ4n) is 2.27. The Morgan fingerprint density at radius 3 is 2.95 bits per heavy atom. The molecule has 4 heteroatoms. The average molecular weight is 261 g/mol. The van der Waals surface area contributed by atoms with Crippen molar-refractivity contribution in [2.45, 2.75) is 25.4 Å². The van der Waals surface area contributed by atoms with E-state index in [-0.39, 0.29) is 11.9 Å². The first-order valence-electron chi connectivity index (χ1n) is 6.85. The van der Waals surface area contributed by atoms with E-state index in [0.717, 1.165) is 18.5 Å². The summed E-state index contributed by atoms with van der Waals surface area (Å²) < 4.78 is 0. The molecule has 1 heterocycles. The van der Waals surface area contributed by atoms with Crippen molar-refractivity contribution in [3.8, 4) is 0 Å². The van der Waals surface area contributed by atoms with Gasteiger partial charge in [-0.3, -0.25) is 4.79 Å². The van der Waals surface area contributed by atoms with Crippen LogP contribution in [0.2, 0.25) is 0 Å². The molecule has 0 saturated carbocycles. The van der Waals surface area contributed by atoms with E-state index in [2.05, 4.69) is 28.5 Å². The summed E-state index contributed by atoms with van der Waals surface area (Å²) in [5.41, 5.74) is 2.39. The lowest BCUT2D eigenvalue weighted by Gasteiger charge is -2.27. The Balaban J connectivity index is 2.01. The number of rotatable bonds is 4. The van der Waals surface area contributed by atoms with Crippen molar-refractivity contribution in [3.63, 3.8) is 0 Å². The molecule has 0 radical (unpaired) electrons. The van der Waals surface area contributed by atoms with E-state index in [4.69, 9.17) is 0 Å². The van der Waals surface area contributed by atoms with Crippen LogP contribution in [0.15, 0.2) is 24.3 Å². The summed E-state index contributed by atoms with van der Waals surface area (Å²) in [5.74, 6) is 0.0702. The van der Waals surface area contributed by atoms with Crippen LogP contribution in [0.5, 0.6) is 0 Å². The lowest BCUT2D eigenvalue weighted by atomic mass is 9.94. The predicted molar refractivity (Wildman–Crippen MR) is 77.0 cm³/mol. The minimum atomic E-state index is -0.209. The molecule has 0 aromatic heterocycles. The van der Waals surface area contributed by atoms with Crippen molar-refractivity contribution in [2.24, 2.45) is 0 Å². The van der Waals surface area contributed by atoms with E-state index >= 15 is 0 Å². The number of nitrogens with zero attached hydrogens (tertiary/aromatic N) is 1. The maximum atomic E-state index is 12.3. The van der Waals surface area contributed by atoms with Crippen molar-refractivity contribution in [2.75, 3.05) is 27.2 Å². The zero-order valence-corrected chi connectivity index (χ0v) is 11.9. The van der Waals surface area contributed by atoms with Crippen molar-refractivity contribution in [1.82, 2.24) is 15.5 Å². The van der Waals surface area contributed by atoms with Crippen molar-refractivity contribution in [3.05, 3.63) is 35.4 Å². The molecule has 0 spiro atoms. The van der Waals surface area contributed by atoms with Crippen LogP contribution in [-0.2, 0) is 11.2 Å². The largest absolute Gasteiger partial charge is 0.353 e. The Hall–Kier alpha value is -1.39. The van der Waals surface area contributed by atoms with Gasteiger partial charge in [0.1, 0.15) is 6.04 Å². The quantitative estimate of drug-likeness (QED) is 0.848. The van der Waals surface area contributed by atoms with Gasteiger partial charge in [-0.15, -0.1) is 0 Å². The molecule has 2 N–H and O–H groups in total. The number of benzene rings is 1. The monoisotopic (exact) mass is 261 g/mol. The normalized spacial score (nSPS) is 19.9.